The SMILES string of the molecule is COc1ccc(-c2n[nH]c(=S)n2CCC(=O)N(C)Cc2ccc(C)o2)cc1. The van der Waals surface area contributed by atoms with E-state index in [0.29, 0.717) is 30.1 Å². The van der Waals surface area contributed by atoms with E-state index in [0.717, 1.165) is 22.8 Å². The Balaban J connectivity index is 1.67. The molecule has 1 aromatic carbocycles. The number of ether oxygens (including phenoxy) is 1. The molecule has 0 aliphatic heterocycles. The van der Waals surface area contributed by atoms with Gasteiger partial charge in [-0.1, -0.05) is 0 Å². The van der Waals surface area contributed by atoms with E-state index in [2.05, 4.69) is 10.2 Å². The molecule has 0 unspecified atom stereocenters. The lowest BCUT2D eigenvalue weighted by Gasteiger charge is -2.16. The Morgan fingerprint density at radius 2 is 2.04 bits per heavy atom. The lowest BCUT2D eigenvalue weighted by molar-refractivity contribution is -0.130. The Bertz CT molecular complexity index is 972. The number of hydrogen-bond donors (Lipinski definition) is 1. The highest BCUT2D eigenvalue weighted by Gasteiger charge is 2.14. The van der Waals surface area contributed by atoms with E-state index in [1.54, 1.807) is 19.1 Å². The van der Waals surface area contributed by atoms with Gasteiger partial charge in [0.15, 0.2) is 10.6 Å². The van der Waals surface area contributed by atoms with Crippen molar-refractivity contribution in [2.45, 2.75) is 26.4 Å². The van der Waals surface area contributed by atoms with Gasteiger partial charge in [0.1, 0.15) is 17.3 Å². The molecule has 0 radical (unpaired) electrons. The number of nitrogens with one attached hydrogen (secondary N) is 1. The molecular formula is C19H22N4O3S. The molecule has 2 aromatic heterocycles. The summed E-state index contributed by atoms with van der Waals surface area (Å²) < 4.78 is 13.0. The van der Waals surface area contributed by atoms with Gasteiger partial charge in [0.2, 0.25) is 5.91 Å². The van der Waals surface area contributed by atoms with Crippen LogP contribution in [0.4, 0.5) is 0 Å². The first-order valence-corrected chi connectivity index (χ1v) is 8.97. The third-order valence-corrected chi connectivity index (χ3v) is 4.58. The van der Waals surface area contributed by atoms with E-state index >= 15 is 0 Å². The van der Waals surface area contributed by atoms with E-state index in [4.69, 9.17) is 21.4 Å². The van der Waals surface area contributed by atoms with Gasteiger partial charge in [-0.15, -0.1) is 0 Å². The van der Waals surface area contributed by atoms with Crippen molar-refractivity contribution in [1.29, 1.82) is 0 Å². The van der Waals surface area contributed by atoms with Gasteiger partial charge in [0, 0.05) is 25.6 Å². The van der Waals surface area contributed by atoms with Gasteiger partial charge in [-0.2, -0.15) is 5.10 Å². The zero-order chi connectivity index (χ0) is 19.4. The first-order chi connectivity index (χ1) is 13.0. The Hall–Kier alpha value is -2.87. The summed E-state index contributed by atoms with van der Waals surface area (Å²) in [5.41, 5.74) is 0.898. The summed E-state index contributed by atoms with van der Waals surface area (Å²) in [7, 11) is 3.39. The maximum Gasteiger partial charge on any atom is 0.224 e. The van der Waals surface area contributed by atoms with Gasteiger partial charge in [-0.05, 0) is 55.5 Å². The normalized spacial score (nSPS) is 10.8. The second-order valence-electron chi connectivity index (χ2n) is 6.24. The molecule has 2 heterocycles. The summed E-state index contributed by atoms with van der Waals surface area (Å²) in [6.45, 7) is 2.76. The number of carbonyl (C=O) groups excluding carboxylic acids is 1. The number of aromatic amines is 1. The van der Waals surface area contributed by atoms with Crippen LogP contribution in [0.2, 0.25) is 0 Å². The average molecular weight is 386 g/mol. The Morgan fingerprint density at radius 3 is 2.67 bits per heavy atom. The van der Waals surface area contributed by atoms with E-state index < -0.39 is 0 Å². The second kappa shape index (κ2) is 8.22. The van der Waals surface area contributed by atoms with Crippen LogP contribution < -0.4 is 4.74 Å². The summed E-state index contributed by atoms with van der Waals surface area (Å²) in [5.74, 6) is 3.07. The van der Waals surface area contributed by atoms with Crippen LogP contribution in [0.5, 0.6) is 5.75 Å². The molecular weight excluding hydrogens is 364 g/mol. The molecule has 0 bridgehead atoms. The molecule has 0 aliphatic rings. The van der Waals surface area contributed by atoms with Crippen LogP contribution in [-0.2, 0) is 17.9 Å². The van der Waals surface area contributed by atoms with Crippen LogP contribution in [0.25, 0.3) is 11.4 Å². The van der Waals surface area contributed by atoms with Gasteiger partial charge in [0.05, 0.1) is 13.7 Å². The van der Waals surface area contributed by atoms with Gasteiger partial charge in [-0.25, -0.2) is 0 Å². The van der Waals surface area contributed by atoms with Crippen LogP contribution in [0.1, 0.15) is 17.9 Å². The quantitative estimate of drug-likeness (QED) is 0.628. The first-order valence-electron chi connectivity index (χ1n) is 8.57. The predicted molar refractivity (Wildman–Crippen MR) is 104 cm³/mol. The largest absolute Gasteiger partial charge is 0.497 e. The van der Waals surface area contributed by atoms with E-state index in [-0.39, 0.29) is 5.91 Å². The molecule has 7 nitrogen and oxygen atoms in total. The van der Waals surface area contributed by atoms with E-state index in [1.165, 1.54) is 0 Å². The summed E-state index contributed by atoms with van der Waals surface area (Å²) >= 11 is 5.33. The van der Waals surface area contributed by atoms with Gasteiger partial charge in [0.25, 0.3) is 0 Å². The molecule has 0 fully saturated rings. The molecule has 8 heteroatoms. The van der Waals surface area contributed by atoms with Gasteiger partial charge >= 0.3 is 0 Å². The van der Waals surface area contributed by atoms with Crippen molar-refractivity contribution in [3.8, 4) is 17.1 Å². The van der Waals surface area contributed by atoms with Crippen molar-refractivity contribution < 1.29 is 13.9 Å². The molecule has 3 aromatic rings. The lowest BCUT2D eigenvalue weighted by Crippen LogP contribution is -2.27. The van der Waals surface area contributed by atoms with Gasteiger partial charge in [-0.3, -0.25) is 14.5 Å². The molecule has 0 aliphatic carbocycles. The minimum atomic E-state index is 0.00725. The maximum absolute atomic E-state index is 12.5. The average Bonchev–Trinajstić information content (AvgIpc) is 3.25. The number of benzene rings is 1. The Kier molecular flexibility index (Phi) is 5.75. The Labute approximate surface area is 162 Å². The molecule has 0 saturated carbocycles. The third-order valence-electron chi connectivity index (χ3n) is 4.27. The van der Waals surface area contributed by atoms with Crippen molar-refractivity contribution in [3.63, 3.8) is 0 Å². The zero-order valence-electron chi connectivity index (χ0n) is 15.6. The smallest absolute Gasteiger partial charge is 0.224 e. The maximum atomic E-state index is 12.5. The predicted octanol–water partition coefficient (Wildman–Crippen LogP) is 3.57. The molecule has 142 valence electrons. The number of furan rings is 1. The zero-order valence-corrected chi connectivity index (χ0v) is 16.4. The van der Waals surface area contributed by atoms with Crippen molar-refractivity contribution in [3.05, 3.63) is 52.7 Å². The fourth-order valence-electron chi connectivity index (χ4n) is 2.78. The molecule has 1 amide bonds. The number of aromatic nitrogens is 3. The molecule has 1 N–H and O–H groups in total. The standard InChI is InChI=1S/C19H22N4O3S/c1-13-4-7-16(26-13)12-22(2)17(24)10-11-23-18(20-21-19(23)27)14-5-8-15(25-3)9-6-14/h4-9H,10-12H2,1-3H3,(H,21,27). The van der Waals surface area contributed by atoms with Crippen molar-refractivity contribution >= 4 is 18.1 Å². The van der Waals surface area contributed by atoms with Crippen LogP contribution in [0.15, 0.2) is 40.8 Å². The number of hydrogen-bond acceptors (Lipinski definition) is 5. The Morgan fingerprint density at radius 1 is 1.30 bits per heavy atom. The minimum absolute atomic E-state index is 0.00725. The van der Waals surface area contributed by atoms with Crippen LogP contribution in [-0.4, -0.2) is 39.7 Å². The van der Waals surface area contributed by atoms with Gasteiger partial charge < -0.3 is 14.1 Å². The van der Waals surface area contributed by atoms with E-state index in [1.807, 2.05) is 47.9 Å². The highest BCUT2D eigenvalue weighted by atomic mass is 32.1. The number of nitrogens with zero attached hydrogens (tertiary/aromatic N) is 3. The third kappa shape index (κ3) is 4.46. The number of rotatable bonds is 7. The molecule has 0 spiro atoms. The fourth-order valence-corrected chi connectivity index (χ4v) is 3.00. The highest BCUT2D eigenvalue weighted by molar-refractivity contribution is 7.71. The molecule has 27 heavy (non-hydrogen) atoms. The van der Waals surface area contributed by atoms with Crippen LogP contribution in [0.3, 0.4) is 0 Å². The number of amides is 1. The number of carbonyl (C=O) groups is 1. The topological polar surface area (TPSA) is 76.3 Å². The lowest BCUT2D eigenvalue weighted by atomic mass is 10.2. The second-order valence-corrected chi connectivity index (χ2v) is 6.63. The number of aryl methyl sites for hydroxylation is 1. The highest BCUT2D eigenvalue weighted by Crippen LogP contribution is 2.21. The minimum Gasteiger partial charge on any atom is -0.497 e. The van der Waals surface area contributed by atoms with Crippen LogP contribution in [0, 0.1) is 11.7 Å². The summed E-state index contributed by atoms with van der Waals surface area (Å²) in [6.07, 6.45) is 0.313. The summed E-state index contributed by atoms with van der Waals surface area (Å²) in [4.78, 5) is 14.1. The van der Waals surface area contributed by atoms with Crippen molar-refractivity contribution in [2.24, 2.45) is 0 Å². The monoisotopic (exact) mass is 386 g/mol. The van der Waals surface area contributed by atoms with Crippen molar-refractivity contribution in [1.82, 2.24) is 19.7 Å². The summed E-state index contributed by atoms with van der Waals surface area (Å²) in [6, 6.07) is 11.3. The molecule has 0 saturated heterocycles. The van der Waals surface area contributed by atoms with Crippen LogP contribution >= 0.6 is 12.2 Å². The summed E-state index contributed by atoms with van der Waals surface area (Å²) in [5, 5.41) is 7.10. The molecule has 0 atom stereocenters. The first kappa shape index (κ1) is 18.9. The fraction of sp³-hybridized carbons (Fsp3) is 0.316. The molecule has 3 rings (SSSR count). The number of H-pyrrole nitrogens is 1. The number of methoxy groups -OCH3 is 1. The van der Waals surface area contributed by atoms with E-state index in [9.17, 15) is 4.79 Å². The van der Waals surface area contributed by atoms with Crippen molar-refractivity contribution in [2.75, 3.05) is 14.2 Å².